The van der Waals surface area contributed by atoms with Crippen LogP contribution in [-0.2, 0) is 6.54 Å². The molecule has 0 saturated carbocycles. The Morgan fingerprint density at radius 1 is 1.50 bits per heavy atom. The molecule has 1 aromatic carbocycles. The summed E-state index contributed by atoms with van der Waals surface area (Å²) < 4.78 is 0. The molecule has 0 fully saturated rings. The fourth-order valence-electron chi connectivity index (χ4n) is 1.36. The minimum Gasteiger partial charge on any atom is -0.423 e. The van der Waals surface area contributed by atoms with Gasteiger partial charge in [0.2, 0.25) is 0 Å². The largest absolute Gasteiger partial charge is 0.488 e. The van der Waals surface area contributed by atoms with E-state index in [4.69, 9.17) is 22.2 Å². The van der Waals surface area contributed by atoms with Gasteiger partial charge in [-0.05, 0) is 35.6 Å². The summed E-state index contributed by atoms with van der Waals surface area (Å²) in [7, 11) is -1.51. The first-order valence-electron chi connectivity index (χ1n) is 4.26. The molecule has 0 aliphatic rings. The van der Waals surface area contributed by atoms with Crippen molar-refractivity contribution >= 4 is 12.6 Å². The molecule has 0 heterocycles. The van der Waals surface area contributed by atoms with Gasteiger partial charge in [-0.1, -0.05) is 5.92 Å². The minimum absolute atomic E-state index is 0.334. The molecule has 0 bridgehead atoms. The maximum Gasteiger partial charge on any atom is 0.488 e. The lowest BCUT2D eigenvalue weighted by atomic mass is 9.75. The molecule has 0 atom stereocenters. The molecule has 14 heavy (non-hydrogen) atoms. The summed E-state index contributed by atoms with van der Waals surface area (Å²) in [5.41, 5.74) is 8.16. The lowest BCUT2D eigenvalue weighted by molar-refractivity contribution is 0.425. The maximum absolute atomic E-state index is 9.09. The molecule has 4 heteroatoms. The van der Waals surface area contributed by atoms with Crippen LogP contribution in [0.4, 0.5) is 0 Å². The Morgan fingerprint density at radius 2 is 2.14 bits per heavy atom. The molecular formula is C10H12BNO2. The maximum atomic E-state index is 9.09. The first-order chi connectivity index (χ1) is 6.60. The molecule has 4 N–H and O–H groups in total. The van der Waals surface area contributed by atoms with E-state index in [9.17, 15) is 0 Å². The number of nitrogens with two attached hydrogens (primary N) is 1. The van der Waals surface area contributed by atoms with Gasteiger partial charge in [0.25, 0.3) is 0 Å². The van der Waals surface area contributed by atoms with E-state index in [2.05, 4.69) is 5.92 Å². The Morgan fingerprint density at radius 3 is 2.57 bits per heavy atom. The van der Waals surface area contributed by atoms with Gasteiger partial charge >= 0.3 is 7.12 Å². The Hall–Kier alpha value is -1.28. The van der Waals surface area contributed by atoms with Crippen LogP contribution in [-0.4, -0.2) is 17.2 Å². The fourth-order valence-corrected chi connectivity index (χ4v) is 1.36. The zero-order valence-corrected chi connectivity index (χ0v) is 7.99. The van der Waals surface area contributed by atoms with Crippen molar-refractivity contribution in [1.82, 2.24) is 0 Å². The van der Waals surface area contributed by atoms with Crippen LogP contribution in [0.25, 0.3) is 0 Å². The van der Waals surface area contributed by atoms with Crippen LogP contribution >= 0.6 is 0 Å². The van der Waals surface area contributed by atoms with Crippen molar-refractivity contribution in [2.75, 3.05) is 0 Å². The highest BCUT2D eigenvalue weighted by atomic mass is 16.4. The normalized spacial score (nSPS) is 9.64. The van der Waals surface area contributed by atoms with Crippen LogP contribution in [0.1, 0.15) is 16.7 Å². The second kappa shape index (κ2) is 4.29. The Kier molecular flexibility index (Phi) is 3.31. The minimum atomic E-state index is -1.51. The van der Waals surface area contributed by atoms with E-state index in [1.807, 2.05) is 0 Å². The molecule has 0 saturated heterocycles. The summed E-state index contributed by atoms with van der Waals surface area (Å²) in [6, 6.07) is 3.36. The van der Waals surface area contributed by atoms with Crippen molar-refractivity contribution in [3.8, 4) is 12.3 Å². The quantitative estimate of drug-likeness (QED) is 0.417. The standard InChI is InChI=1S/C10H12BNO2/c1-3-8-4-9(6-12)7(2)10(5-8)11(13)14/h1,4-5,13-14H,6,12H2,2H3. The van der Waals surface area contributed by atoms with Crippen molar-refractivity contribution in [1.29, 1.82) is 0 Å². The summed E-state index contributed by atoms with van der Waals surface area (Å²) in [6.07, 6.45) is 5.24. The predicted molar refractivity (Wildman–Crippen MR) is 56.8 cm³/mol. The lowest BCUT2D eigenvalue weighted by Gasteiger charge is -2.10. The van der Waals surface area contributed by atoms with Gasteiger partial charge in [0.05, 0.1) is 0 Å². The Labute approximate surface area is 83.7 Å². The summed E-state index contributed by atoms with van der Waals surface area (Å²) in [4.78, 5) is 0. The number of benzene rings is 1. The van der Waals surface area contributed by atoms with Gasteiger partial charge in [-0.2, -0.15) is 0 Å². The number of hydrogen-bond donors (Lipinski definition) is 3. The van der Waals surface area contributed by atoms with Crippen LogP contribution in [0.2, 0.25) is 0 Å². The van der Waals surface area contributed by atoms with Crippen LogP contribution < -0.4 is 11.2 Å². The Bertz CT molecular complexity index is 382. The van der Waals surface area contributed by atoms with E-state index in [0.717, 1.165) is 11.1 Å². The van der Waals surface area contributed by atoms with Crippen LogP contribution in [0, 0.1) is 19.3 Å². The zero-order chi connectivity index (χ0) is 10.7. The smallest absolute Gasteiger partial charge is 0.423 e. The van der Waals surface area contributed by atoms with Crippen molar-refractivity contribution in [3.05, 3.63) is 28.8 Å². The van der Waals surface area contributed by atoms with E-state index in [1.54, 1.807) is 19.1 Å². The van der Waals surface area contributed by atoms with Crippen molar-refractivity contribution in [3.63, 3.8) is 0 Å². The second-order valence-electron chi connectivity index (χ2n) is 3.07. The third-order valence-electron chi connectivity index (χ3n) is 2.22. The molecule has 0 amide bonds. The van der Waals surface area contributed by atoms with E-state index < -0.39 is 7.12 Å². The van der Waals surface area contributed by atoms with Crippen LogP contribution in [0.5, 0.6) is 0 Å². The molecule has 72 valence electrons. The van der Waals surface area contributed by atoms with E-state index in [-0.39, 0.29) is 0 Å². The number of terminal acetylenes is 1. The molecule has 0 aliphatic carbocycles. The summed E-state index contributed by atoms with van der Waals surface area (Å²) in [5.74, 6) is 2.45. The fraction of sp³-hybridized carbons (Fsp3) is 0.200. The first kappa shape index (κ1) is 10.8. The van der Waals surface area contributed by atoms with Gasteiger partial charge in [0.15, 0.2) is 0 Å². The van der Waals surface area contributed by atoms with Crippen molar-refractivity contribution in [2.45, 2.75) is 13.5 Å². The van der Waals surface area contributed by atoms with E-state index >= 15 is 0 Å². The first-order valence-corrected chi connectivity index (χ1v) is 4.26. The molecule has 0 unspecified atom stereocenters. The second-order valence-corrected chi connectivity index (χ2v) is 3.07. The zero-order valence-electron chi connectivity index (χ0n) is 7.99. The summed E-state index contributed by atoms with van der Waals surface area (Å²) in [5, 5.41) is 18.2. The van der Waals surface area contributed by atoms with Gasteiger partial charge < -0.3 is 15.8 Å². The van der Waals surface area contributed by atoms with E-state index in [1.165, 1.54) is 0 Å². The summed E-state index contributed by atoms with van der Waals surface area (Å²) in [6.45, 7) is 2.12. The Balaban J connectivity index is 3.36. The third-order valence-corrected chi connectivity index (χ3v) is 2.22. The number of rotatable bonds is 2. The van der Waals surface area contributed by atoms with Gasteiger partial charge in [-0.15, -0.1) is 6.42 Å². The average molecular weight is 189 g/mol. The molecule has 0 aromatic heterocycles. The molecule has 1 aromatic rings. The average Bonchev–Trinajstić information content (AvgIpc) is 2.17. The monoisotopic (exact) mass is 189 g/mol. The molecular weight excluding hydrogens is 177 g/mol. The number of hydrogen-bond acceptors (Lipinski definition) is 3. The lowest BCUT2D eigenvalue weighted by Crippen LogP contribution is -2.33. The van der Waals surface area contributed by atoms with Gasteiger partial charge in [0.1, 0.15) is 0 Å². The van der Waals surface area contributed by atoms with Gasteiger partial charge in [-0.3, -0.25) is 0 Å². The third kappa shape index (κ3) is 1.96. The molecule has 0 radical (unpaired) electrons. The molecule has 3 nitrogen and oxygen atoms in total. The van der Waals surface area contributed by atoms with Crippen molar-refractivity contribution < 1.29 is 10.0 Å². The highest BCUT2D eigenvalue weighted by molar-refractivity contribution is 6.59. The van der Waals surface area contributed by atoms with Gasteiger partial charge in [0, 0.05) is 12.1 Å². The highest BCUT2D eigenvalue weighted by Gasteiger charge is 2.16. The topological polar surface area (TPSA) is 66.5 Å². The summed E-state index contributed by atoms with van der Waals surface area (Å²) >= 11 is 0. The van der Waals surface area contributed by atoms with Crippen molar-refractivity contribution in [2.24, 2.45) is 5.73 Å². The van der Waals surface area contributed by atoms with Crippen LogP contribution in [0.15, 0.2) is 12.1 Å². The van der Waals surface area contributed by atoms with Gasteiger partial charge in [-0.25, -0.2) is 0 Å². The molecule has 0 spiro atoms. The highest BCUT2D eigenvalue weighted by Crippen LogP contribution is 2.08. The van der Waals surface area contributed by atoms with Crippen LogP contribution in [0.3, 0.4) is 0 Å². The molecule has 1 rings (SSSR count). The molecule has 0 aliphatic heterocycles. The predicted octanol–water partition coefficient (Wildman–Crippen LogP) is -0.885. The van der Waals surface area contributed by atoms with E-state index in [0.29, 0.717) is 17.6 Å². The SMILES string of the molecule is C#Cc1cc(CN)c(C)c(B(O)O)c1.